The van der Waals surface area contributed by atoms with Crippen LogP contribution in [0.15, 0.2) is 48.5 Å². The number of hydrogen-bond acceptors (Lipinski definition) is 4. The summed E-state index contributed by atoms with van der Waals surface area (Å²) in [5, 5.41) is 12.2. The number of carboxylic acids is 1. The predicted molar refractivity (Wildman–Crippen MR) is 124 cm³/mol. The van der Waals surface area contributed by atoms with Gasteiger partial charge >= 0.3 is 12.1 Å². The summed E-state index contributed by atoms with van der Waals surface area (Å²) in [5.74, 6) is -1.43. The van der Waals surface area contributed by atoms with E-state index in [0.29, 0.717) is 19.4 Å². The molecule has 1 heterocycles. The highest BCUT2D eigenvalue weighted by atomic mass is 16.5. The summed E-state index contributed by atoms with van der Waals surface area (Å²) < 4.78 is 5.57. The second-order valence-corrected chi connectivity index (χ2v) is 8.67. The maximum atomic E-state index is 13.1. The lowest BCUT2D eigenvalue weighted by Gasteiger charge is -2.30. The van der Waals surface area contributed by atoms with Gasteiger partial charge in [-0.25, -0.2) is 9.59 Å². The van der Waals surface area contributed by atoms with Gasteiger partial charge in [0.15, 0.2) is 0 Å². The first-order chi connectivity index (χ1) is 16.0. The third kappa shape index (κ3) is 4.72. The molecule has 7 heteroatoms. The number of fused-ring (bicyclic) bond motifs is 3. The molecule has 2 aliphatic rings. The van der Waals surface area contributed by atoms with Gasteiger partial charge in [0, 0.05) is 12.5 Å². The number of ether oxygens (including phenoxy) is 1. The monoisotopic (exact) mass is 450 g/mol. The smallest absolute Gasteiger partial charge is 0.407 e. The Morgan fingerprint density at radius 2 is 1.67 bits per heavy atom. The van der Waals surface area contributed by atoms with E-state index in [9.17, 15) is 19.5 Å². The largest absolute Gasteiger partial charge is 0.480 e. The Hall–Kier alpha value is -3.35. The zero-order valence-corrected chi connectivity index (χ0v) is 18.8. The Morgan fingerprint density at radius 3 is 2.27 bits per heavy atom. The van der Waals surface area contributed by atoms with E-state index in [1.807, 2.05) is 36.4 Å². The molecule has 1 saturated heterocycles. The Labute approximate surface area is 193 Å². The normalized spacial score (nSPS) is 18.6. The SMILES string of the molecule is CCC(NC(=O)OCC1c2ccccc2-c2ccccc21)C(=O)N1CCCCCC1C(=O)O. The third-order valence-electron chi connectivity index (χ3n) is 6.66. The van der Waals surface area contributed by atoms with Gasteiger partial charge in [0.25, 0.3) is 0 Å². The number of alkyl carbamates (subject to hydrolysis) is 1. The molecule has 1 aliphatic heterocycles. The molecule has 2 N–H and O–H groups in total. The Morgan fingerprint density at radius 1 is 1.03 bits per heavy atom. The molecule has 0 spiro atoms. The van der Waals surface area contributed by atoms with Gasteiger partial charge in [-0.1, -0.05) is 68.3 Å². The van der Waals surface area contributed by atoms with Crippen LogP contribution in [0, 0.1) is 0 Å². The van der Waals surface area contributed by atoms with E-state index in [4.69, 9.17) is 4.74 Å². The fourth-order valence-electron chi connectivity index (χ4n) is 4.95. The zero-order chi connectivity index (χ0) is 23.4. The molecule has 0 bridgehead atoms. The summed E-state index contributed by atoms with van der Waals surface area (Å²) >= 11 is 0. The van der Waals surface area contributed by atoms with Crippen molar-refractivity contribution >= 4 is 18.0 Å². The quantitative estimate of drug-likeness (QED) is 0.689. The summed E-state index contributed by atoms with van der Waals surface area (Å²) in [6, 6.07) is 14.5. The molecule has 2 amide bonds. The van der Waals surface area contributed by atoms with E-state index in [1.165, 1.54) is 4.90 Å². The van der Waals surface area contributed by atoms with Crippen molar-refractivity contribution in [3.8, 4) is 11.1 Å². The number of benzene rings is 2. The predicted octanol–water partition coefficient (Wildman–Crippen LogP) is 4.16. The Balaban J connectivity index is 1.42. The number of amides is 2. The minimum atomic E-state index is -0.999. The first kappa shape index (κ1) is 22.8. The number of aliphatic carboxylic acids is 1. The van der Waals surface area contributed by atoms with Crippen LogP contribution < -0.4 is 5.32 Å². The number of hydrogen-bond donors (Lipinski definition) is 2. The van der Waals surface area contributed by atoms with Gasteiger partial charge in [-0.05, 0) is 41.5 Å². The molecule has 33 heavy (non-hydrogen) atoms. The van der Waals surface area contributed by atoms with Crippen LogP contribution in [-0.4, -0.2) is 53.2 Å². The number of likely N-dealkylation sites (tertiary alicyclic amines) is 1. The summed E-state index contributed by atoms with van der Waals surface area (Å²) in [5.41, 5.74) is 4.51. The van der Waals surface area contributed by atoms with Crippen LogP contribution in [0.4, 0.5) is 4.79 Å². The molecule has 0 radical (unpaired) electrons. The summed E-state index contributed by atoms with van der Waals surface area (Å²) in [4.78, 5) is 38.9. The third-order valence-corrected chi connectivity index (χ3v) is 6.66. The van der Waals surface area contributed by atoms with E-state index in [0.717, 1.165) is 41.5 Å². The molecule has 0 saturated carbocycles. The van der Waals surface area contributed by atoms with Crippen molar-refractivity contribution in [3.05, 3.63) is 59.7 Å². The number of carboxylic acid groups (broad SMARTS) is 1. The number of nitrogens with one attached hydrogen (secondary N) is 1. The lowest BCUT2D eigenvalue weighted by Crippen LogP contribution is -2.53. The van der Waals surface area contributed by atoms with E-state index in [2.05, 4.69) is 17.4 Å². The van der Waals surface area contributed by atoms with Crippen molar-refractivity contribution in [1.29, 1.82) is 0 Å². The van der Waals surface area contributed by atoms with Crippen LogP contribution in [0.25, 0.3) is 11.1 Å². The maximum absolute atomic E-state index is 13.1. The highest BCUT2D eigenvalue weighted by molar-refractivity contribution is 5.89. The first-order valence-corrected chi connectivity index (χ1v) is 11.7. The molecule has 0 aromatic heterocycles. The molecule has 2 aromatic rings. The summed E-state index contributed by atoms with van der Waals surface area (Å²) in [6.45, 7) is 2.34. The van der Waals surface area contributed by atoms with E-state index < -0.39 is 24.1 Å². The number of carbonyl (C=O) groups excluding carboxylic acids is 2. The number of rotatable bonds is 6. The van der Waals surface area contributed by atoms with Gasteiger partial charge in [-0.15, -0.1) is 0 Å². The second-order valence-electron chi connectivity index (χ2n) is 8.67. The fourth-order valence-corrected chi connectivity index (χ4v) is 4.95. The fraction of sp³-hybridized carbons (Fsp3) is 0.423. The van der Waals surface area contributed by atoms with Crippen molar-refractivity contribution in [2.24, 2.45) is 0 Å². The molecule has 1 aliphatic carbocycles. The van der Waals surface area contributed by atoms with Crippen LogP contribution >= 0.6 is 0 Å². The van der Waals surface area contributed by atoms with E-state index >= 15 is 0 Å². The average Bonchev–Trinajstić information content (AvgIpc) is 2.96. The molecular weight excluding hydrogens is 420 g/mol. The number of carbonyl (C=O) groups is 3. The van der Waals surface area contributed by atoms with Crippen molar-refractivity contribution in [1.82, 2.24) is 10.2 Å². The van der Waals surface area contributed by atoms with Gasteiger partial charge in [0.05, 0.1) is 0 Å². The molecule has 1 fully saturated rings. The van der Waals surface area contributed by atoms with Crippen molar-refractivity contribution in [3.63, 3.8) is 0 Å². The summed E-state index contributed by atoms with van der Waals surface area (Å²) in [6.07, 6.45) is 2.55. The lowest BCUT2D eigenvalue weighted by atomic mass is 9.98. The molecular formula is C26H30N2O5. The van der Waals surface area contributed by atoms with Crippen LogP contribution in [0.1, 0.15) is 56.1 Å². The standard InChI is InChI=1S/C26H30N2O5/c1-2-22(24(29)28-15-9-3-4-14-23(28)25(30)31)27-26(32)33-16-21-19-12-7-5-10-17(19)18-11-6-8-13-20(18)21/h5-8,10-13,21-23H,2-4,9,14-16H2,1H3,(H,27,32)(H,30,31). The second kappa shape index (κ2) is 10.1. The minimum absolute atomic E-state index is 0.0686. The molecule has 2 unspecified atom stereocenters. The minimum Gasteiger partial charge on any atom is -0.480 e. The lowest BCUT2D eigenvalue weighted by molar-refractivity contribution is -0.151. The van der Waals surface area contributed by atoms with Crippen LogP contribution in [-0.2, 0) is 14.3 Å². The molecule has 174 valence electrons. The zero-order valence-electron chi connectivity index (χ0n) is 18.8. The first-order valence-electron chi connectivity index (χ1n) is 11.7. The maximum Gasteiger partial charge on any atom is 0.407 e. The van der Waals surface area contributed by atoms with Gasteiger partial charge in [0.1, 0.15) is 18.7 Å². The number of nitrogens with zero attached hydrogens (tertiary/aromatic N) is 1. The Kier molecular flexibility index (Phi) is 6.96. The summed E-state index contributed by atoms with van der Waals surface area (Å²) in [7, 11) is 0. The van der Waals surface area contributed by atoms with E-state index in [-0.39, 0.29) is 18.4 Å². The van der Waals surface area contributed by atoms with Gasteiger partial charge in [-0.3, -0.25) is 4.79 Å². The van der Waals surface area contributed by atoms with Crippen LogP contribution in [0.3, 0.4) is 0 Å². The highest BCUT2D eigenvalue weighted by Crippen LogP contribution is 2.44. The topological polar surface area (TPSA) is 95.9 Å². The van der Waals surface area contributed by atoms with Crippen LogP contribution in [0.5, 0.6) is 0 Å². The van der Waals surface area contributed by atoms with Crippen molar-refractivity contribution in [2.45, 2.75) is 57.0 Å². The Bertz CT molecular complexity index is 991. The average molecular weight is 451 g/mol. The molecule has 4 rings (SSSR count). The van der Waals surface area contributed by atoms with Crippen molar-refractivity contribution in [2.75, 3.05) is 13.2 Å². The van der Waals surface area contributed by atoms with Gasteiger partial charge in [-0.2, -0.15) is 0 Å². The van der Waals surface area contributed by atoms with Crippen LogP contribution in [0.2, 0.25) is 0 Å². The van der Waals surface area contributed by atoms with Gasteiger partial charge in [0.2, 0.25) is 5.91 Å². The molecule has 2 atom stereocenters. The molecule has 7 nitrogen and oxygen atoms in total. The van der Waals surface area contributed by atoms with E-state index in [1.54, 1.807) is 6.92 Å². The highest BCUT2D eigenvalue weighted by Gasteiger charge is 2.35. The molecule has 2 aromatic carbocycles. The van der Waals surface area contributed by atoms with Gasteiger partial charge < -0.3 is 20.1 Å². The van der Waals surface area contributed by atoms with Crippen molar-refractivity contribution < 1.29 is 24.2 Å².